The van der Waals surface area contributed by atoms with E-state index >= 15 is 0 Å². The van der Waals surface area contributed by atoms with Gasteiger partial charge in [0.25, 0.3) is 0 Å². The Bertz CT molecular complexity index is 330. The molecular weight excluding hydrogens is 230 g/mol. The lowest BCUT2D eigenvalue weighted by Crippen LogP contribution is -2.37. The molecule has 4 heteroatoms. The summed E-state index contributed by atoms with van der Waals surface area (Å²) in [5.74, 6) is 0.748. The highest BCUT2D eigenvalue weighted by Crippen LogP contribution is 2.50. The molecule has 0 aliphatic heterocycles. The summed E-state index contributed by atoms with van der Waals surface area (Å²) >= 11 is 3.37. The van der Waals surface area contributed by atoms with Gasteiger partial charge < -0.3 is 5.73 Å². The zero-order valence-electron chi connectivity index (χ0n) is 7.92. The van der Waals surface area contributed by atoms with Crippen molar-refractivity contribution in [1.82, 2.24) is 9.78 Å². The fraction of sp³-hybridized carbons (Fsp3) is 0.667. The zero-order chi connectivity index (χ0) is 9.64. The third kappa shape index (κ3) is 1.27. The lowest BCUT2D eigenvalue weighted by Gasteiger charge is -2.44. The van der Waals surface area contributed by atoms with E-state index < -0.39 is 0 Å². The van der Waals surface area contributed by atoms with E-state index in [9.17, 15) is 0 Å². The molecule has 1 aliphatic carbocycles. The molecule has 3 nitrogen and oxygen atoms in total. The predicted octanol–water partition coefficient (Wildman–Crippen LogP) is 2.59. The van der Waals surface area contributed by atoms with E-state index in [0.29, 0.717) is 11.5 Å². The lowest BCUT2D eigenvalue weighted by atomic mass is 9.67. The molecule has 2 rings (SSSR count). The molecule has 0 bridgehead atoms. The molecule has 13 heavy (non-hydrogen) atoms. The van der Waals surface area contributed by atoms with E-state index in [4.69, 9.17) is 5.73 Å². The molecule has 2 N–H and O–H groups in total. The highest BCUT2D eigenvalue weighted by Gasteiger charge is 2.41. The van der Waals surface area contributed by atoms with Gasteiger partial charge in [-0.3, -0.25) is 0 Å². The number of hydrogen-bond acceptors (Lipinski definition) is 2. The van der Waals surface area contributed by atoms with Crippen molar-refractivity contribution in [2.24, 2.45) is 5.41 Å². The van der Waals surface area contributed by atoms with Crippen molar-refractivity contribution in [3.63, 3.8) is 0 Å². The van der Waals surface area contributed by atoms with Crippen LogP contribution >= 0.6 is 15.9 Å². The average Bonchev–Trinajstić information content (AvgIpc) is 2.35. The fourth-order valence-corrected chi connectivity index (χ4v) is 2.18. The summed E-state index contributed by atoms with van der Waals surface area (Å²) in [6.45, 7) is 4.52. The van der Waals surface area contributed by atoms with Gasteiger partial charge in [0, 0.05) is 0 Å². The monoisotopic (exact) mass is 243 g/mol. The van der Waals surface area contributed by atoms with Gasteiger partial charge in [-0.1, -0.05) is 13.8 Å². The molecular formula is C9H14BrN3. The number of aromatic nitrogens is 2. The number of hydrogen-bond donors (Lipinski definition) is 1. The molecule has 1 heterocycles. The Morgan fingerprint density at radius 2 is 2.38 bits per heavy atom. The molecule has 0 amide bonds. The van der Waals surface area contributed by atoms with Crippen molar-refractivity contribution in [2.45, 2.75) is 32.7 Å². The normalized spacial score (nSPS) is 25.6. The molecule has 0 saturated heterocycles. The van der Waals surface area contributed by atoms with Gasteiger partial charge in [0.2, 0.25) is 0 Å². The first-order valence-corrected chi connectivity index (χ1v) is 5.30. The molecule has 1 aromatic heterocycles. The maximum atomic E-state index is 5.89. The van der Waals surface area contributed by atoms with Crippen molar-refractivity contribution in [2.75, 3.05) is 5.73 Å². The molecule has 1 aliphatic rings. The van der Waals surface area contributed by atoms with Gasteiger partial charge in [0.1, 0.15) is 5.82 Å². The smallest absolute Gasteiger partial charge is 0.136 e. The van der Waals surface area contributed by atoms with Gasteiger partial charge in [0.15, 0.2) is 0 Å². The van der Waals surface area contributed by atoms with Crippen LogP contribution in [0.3, 0.4) is 0 Å². The third-order valence-corrected chi connectivity index (χ3v) is 3.66. The Kier molecular flexibility index (Phi) is 1.91. The standard InChI is InChI=1S/C9H14BrN3/c1-9(2)4-3-7(9)13-8(11)6(10)5-12-13/h5,7H,3-4,11H2,1-2H3. The van der Waals surface area contributed by atoms with Crippen LogP contribution in [0.2, 0.25) is 0 Å². The van der Waals surface area contributed by atoms with Crippen molar-refractivity contribution < 1.29 is 0 Å². The molecule has 1 unspecified atom stereocenters. The van der Waals surface area contributed by atoms with Crippen LogP contribution in [0.25, 0.3) is 0 Å². The fourth-order valence-electron chi connectivity index (χ4n) is 1.90. The maximum absolute atomic E-state index is 5.89. The molecule has 1 aromatic rings. The van der Waals surface area contributed by atoms with Crippen LogP contribution in [-0.4, -0.2) is 9.78 Å². The highest BCUT2D eigenvalue weighted by molar-refractivity contribution is 9.10. The minimum Gasteiger partial charge on any atom is -0.383 e. The highest BCUT2D eigenvalue weighted by atomic mass is 79.9. The van der Waals surface area contributed by atoms with Crippen LogP contribution in [-0.2, 0) is 0 Å². The number of nitrogens with two attached hydrogens (primary N) is 1. The van der Waals surface area contributed by atoms with E-state index in [1.165, 1.54) is 12.8 Å². The second-order valence-electron chi connectivity index (χ2n) is 4.37. The molecule has 0 spiro atoms. The Morgan fingerprint density at radius 1 is 1.69 bits per heavy atom. The second-order valence-corrected chi connectivity index (χ2v) is 5.22. The van der Waals surface area contributed by atoms with Gasteiger partial charge in [-0.25, -0.2) is 4.68 Å². The van der Waals surface area contributed by atoms with Gasteiger partial charge >= 0.3 is 0 Å². The summed E-state index contributed by atoms with van der Waals surface area (Å²) < 4.78 is 2.84. The first kappa shape index (κ1) is 9.06. The average molecular weight is 244 g/mol. The van der Waals surface area contributed by atoms with Crippen LogP contribution in [0.5, 0.6) is 0 Å². The van der Waals surface area contributed by atoms with Crippen molar-refractivity contribution >= 4 is 21.7 Å². The SMILES string of the molecule is CC1(C)CCC1n1ncc(Br)c1N. The van der Waals surface area contributed by atoms with Crippen LogP contribution in [0.1, 0.15) is 32.7 Å². The van der Waals surface area contributed by atoms with Gasteiger partial charge in [-0.2, -0.15) is 5.10 Å². The number of nitrogen functional groups attached to an aromatic ring is 1. The van der Waals surface area contributed by atoms with Crippen LogP contribution in [0, 0.1) is 5.41 Å². The Balaban J connectivity index is 2.31. The number of anilines is 1. The summed E-state index contributed by atoms with van der Waals surface area (Å²) in [5, 5.41) is 4.28. The Hall–Kier alpha value is -0.510. The summed E-state index contributed by atoms with van der Waals surface area (Å²) in [6, 6.07) is 0.471. The first-order chi connectivity index (χ1) is 6.02. The Labute approximate surface area is 86.4 Å². The third-order valence-electron chi connectivity index (χ3n) is 3.05. The van der Waals surface area contributed by atoms with E-state index in [0.717, 1.165) is 10.3 Å². The minimum atomic E-state index is 0.347. The number of rotatable bonds is 1. The van der Waals surface area contributed by atoms with Crippen molar-refractivity contribution in [3.8, 4) is 0 Å². The quantitative estimate of drug-likeness (QED) is 0.825. The van der Waals surface area contributed by atoms with Crippen LogP contribution < -0.4 is 5.73 Å². The van der Waals surface area contributed by atoms with Crippen LogP contribution in [0.4, 0.5) is 5.82 Å². The van der Waals surface area contributed by atoms with Crippen molar-refractivity contribution in [3.05, 3.63) is 10.7 Å². The molecule has 0 radical (unpaired) electrons. The molecule has 72 valence electrons. The topological polar surface area (TPSA) is 43.8 Å². The van der Waals surface area contributed by atoms with Gasteiger partial charge in [-0.05, 0) is 34.2 Å². The minimum absolute atomic E-state index is 0.347. The maximum Gasteiger partial charge on any atom is 0.136 e. The summed E-state index contributed by atoms with van der Waals surface area (Å²) in [4.78, 5) is 0. The summed E-state index contributed by atoms with van der Waals surface area (Å²) in [6.07, 6.45) is 4.21. The first-order valence-electron chi connectivity index (χ1n) is 4.51. The molecule has 1 fully saturated rings. The summed E-state index contributed by atoms with van der Waals surface area (Å²) in [7, 11) is 0. The van der Waals surface area contributed by atoms with Crippen molar-refractivity contribution in [1.29, 1.82) is 0 Å². The molecule has 1 saturated carbocycles. The lowest BCUT2D eigenvalue weighted by molar-refractivity contribution is 0.0734. The van der Waals surface area contributed by atoms with Crippen LogP contribution in [0.15, 0.2) is 10.7 Å². The van der Waals surface area contributed by atoms with E-state index in [2.05, 4.69) is 34.9 Å². The molecule has 1 atom stereocenters. The molecule has 0 aromatic carbocycles. The van der Waals surface area contributed by atoms with E-state index in [-0.39, 0.29) is 0 Å². The summed E-state index contributed by atoms with van der Waals surface area (Å²) in [5.41, 5.74) is 6.23. The van der Waals surface area contributed by atoms with Gasteiger partial charge in [-0.15, -0.1) is 0 Å². The Morgan fingerprint density at radius 3 is 2.69 bits per heavy atom. The second kappa shape index (κ2) is 2.74. The zero-order valence-corrected chi connectivity index (χ0v) is 9.50. The van der Waals surface area contributed by atoms with E-state index in [1.807, 2.05) is 4.68 Å². The largest absolute Gasteiger partial charge is 0.383 e. The van der Waals surface area contributed by atoms with Gasteiger partial charge in [0.05, 0.1) is 16.7 Å². The number of halogens is 1. The predicted molar refractivity (Wildman–Crippen MR) is 56.4 cm³/mol. The van der Waals surface area contributed by atoms with E-state index in [1.54, 1.807) is 6.20 Å². The number of nitrogens with zero attached hydrogens (tertiary/aromatic N) is 2.